The van der Waals surface area contributed by atoms with Crippen LogP contribution in [0.3, 0.4) is 0 Å². The van der Waals surface area contributed by atoms with Gasteiger partial charge in [0.15, 0.2) is 0 Å². The number of methoxy groups -OCH3 is 1. The molecule has 0 saturated carbocycles. The number of ether oxygens (including phenoxy) is 1. The lowest BCUT2D eigenvalue weighted by molar-refractivity contribution is 0.408. The minimum atomic E-state index is -0.208. The van der Waals surface area contributed by atoms with Gasteiger partial charge in [-0.15, -0.1) is 22.9 Å². The van der Waals surface area contributed by atoms with E-state index >= 15 is 0 Å². The lowest BCUT2D eigenvalue weighted by atomic mass is 10.0. The second-order valence-electron chi connectivity index (χ2n) is 4.18. The van der Waals surface area contributed by atoms with Crippen LogP contribution < -0.4 is 4.74 Å². The van der Waals surface area contributed by atoms with Crippen molar-refractivity contribution in [3.05, 3.63) is 50.2 Å². The molecule has 0 radical (unpaired) electrons. The smallest absolute Gasteiger partial charge is 0.124 e. The highest BCUT2D eigenvalue weighted by atomic mass is 35.5. The van der Waals surface area contributed by atoms with E-state index < -0.39 is 0 Å². The minimum Gasteiger partial charge on any atom is -0.496 e. The number of rotatable bonds is 3. The van der Waals surface area contributed by atoms with Gasteiger partial charge in [0.1, 0.15) is 5.75 Å². The van der Waals surface area contributed by atoms with Gasteiger partial charge < -0.3 is 4.74 Å². The summed E-state index contributed by atoms with van der Waals surface area (Å²) in [6, 6.07) is 5.99. The molecule has 0 aliphatic heterocycles. The Labute approximate surface area is 121 Å². The van der Waals surface area contributed by atoms with E-state index in [1.807, 2.05) is 25.3 Å². The van der Waals surface area contributed by atoms with Crippen molar-refractivity contribution in [1.29, 1.82) is 0 Å². The summed E-state index contributed by atoms with van der Waals surface area (Å²) in [5.74, 6) is 0.917. The predicted molar refractivity (Wildman–Crippen MR) is 79.5 cm³/mol. The first-order valence-electron chi connectivity index (χ1n) is 5.56. The van der Waals surface area contributed by atoms with E-state index in [1.54, 1.807) is 18.4 Å². The maximum absolute atomic E-state index is 6.50. The molecule has 0 fully saturated rings. The first kappa shape index (κ1) is 13.7. The molecule has 0 aliphatic rings. The average Bonchev–Trinajstić information content (AvgIpc) is 2.74. The fourth-order valence-corrected chi connectivity index (χ4v) is 3.71. The molecule has 1 heterocycles. The molecule has 1 unspecified atom stereocenters. The van der Waals surface area contributed by atoms with Crippen LogP contribution in [0.5, 0.6) is 5.75 Å². The average molecular weight is 301 g/mol. The molecular formula is C14H14Cl2OS. The van der Waals surface area contributed by atoms with Crippen LogP contribution in [0.15, 0.2) is 23.6 Å². The summed E-state index contributed by atoms with van der Waals surface area (Å²) in [6.07, 6.45) is 0. The van der Waals surface area contributed by atoms with Gasteiger partial charge in [-0.3, -0.25) is 0 Å². The molecule has 0 aliphatic carbocycles. The molecule has 1 nitrogen and oxygen atoms in total. The fraction of sp³-hybridized carbons (Fsp3) is 0.286. The van der Waals surface area contributed by atoms with Gasteiger partial charge >= 0.3 is 0 Å². The molecule has 18 heavy (non-hydrogen) atoms. The highest BCUT2D eigenvalue weighted by Gasteiger charge is 2.17. The van der Waals surface area contributed by atoms with Gasteiger partial charge in [0.05, 0.1) is 17.5 Å². The van der Waals surface area contributed by atoms with Crippen molar-refractivity contribution in [2.24, 2.45) is 0 Å². The topological polar surface area (TPSA) is 9.23 Å². The molecular weight excluding hydrogens is 287 g/mol. The van der Waals surface area contributed by atoms with Crippen molar-refractivity contribution < 1.29 is 4.74 Å². The third-order valence-corrected chi connectivity index (χ3v) is 4.88. The number of halogens is 2. The molecule has 0 saturated heterocycles. The Balaban J connectivity index is 2.43. The molecule has 0 N–H and O–H groups in total. The maximum atomic E-state index is 6.50. The van der Waals surface area contributed by atoms with E-state index in [0.717, 1.165) is 32.3 Å². The first-order chi connectivity index (χ1) is 8.54. The molecule has 1 atom stereocenters. The third-order valence-electron chi connectivity index (χ3n) is 2.85. The van der Waals surface area contributed by atoms with E-state index in [0.29, 0.717) is 0 Å². The summed E-state index contributed by atoms with van der Waals surface area (Å²) >= 11 is 14.2. The molecule has 96 valence electrons. The van der Waals surface area contributed by atoms with Crippen molar-refractivity contribution in [2.75, 3.05) is 7.11 Å². The van der Waals surface area contributed by atoms with Gasteiger partial charge in [-0.2, -0.15) is 0 Å². The second kappa shape index (κ2) is 5.52. The second-order valence-corrected chi connectivity index (χ2v) is 5.97. The summed E-state index contributed by atoms with van der Waals surface area (Å²) in [5, 5.41) is 2.47. The SMILES string of the molecule is COc1c(C)cc(C(Cl)c2sccc2Cl)cc1C. The Hall–Kier alpha value is -0.700. The zero-order chi connectivity index (χ0) is 13.3. The zero-order valence-corrected chi connectivity index (χ0v) is 12.8. The molecule has 0 bridgehead atoms. The number of benzene rings is 1. The molecule has 2 aromatic rings. The van der Waals surface area contributed by atoms with Crippen molar-refractivity contribution in [3.8, 4) is 5.75 Å². The van der Waals surface area contributed by atoms with Crippen LogP contribution in [0.25, 0.3) is 0 Å². The summed E-state index contributed by atoms with van der Waals surface area (Å²) in [7, 11) is 1.68. The zero-order valence-electron chi connectivity index (χ0n) is 10.5. The van der Waals surface area contributed by atoms with E-state index in [4.69, 9.17) is 27.9 Å². The van der Waals surface area contributed by atoms with Gasteiger partial charge in [0.2, 0.25) is 0 Å². The number of hydrogen-bond donors (Lipinski definition) is 0. The number of aryl methyl sites for hydroxylation is 2. The summed E-state index contributed by atoms with van der Waals surface area (Å²) in [5.41, 5.74) is 3.23. The molecule has 0 spiro atoms. The Bertz CT molecular complexity index is 540. The maximum Gasteiger partial charge on any atom is 0.124 e. The number of alkyl halides is 1. The molecule has 1 aromatic heterocycles. The highest BCUT2D eigenvalue weighted by molar-refractivity contribution is 7.11. The lowest BCUT2D eigenvalue weighted by Crippen LogP contribution is -1.97. The van der Waals surface area contributed by atoms with Gasteiger partial charge in [0, 0.05) is 4.88 Å². The van der Waals surface area contributed by atoms with E-state index in [-0.39, 0.29) is 5.38 Å². The van der Waals surface area contributed by atoms with Crippen molar-refractivity contribution in [1.82, 2.24) is 0 Å². The number of hydrogen-bond acceptors (Lipinski definition) is 2. The van der Waals surface area contributed by atoms with Crippen LogP contribution in [0, 0.1) is 13.8 Å². The predicted octanol–water partition coefficient (Wildman–Crippen LogP) is 5.36. The summed E-state index contributed by atoms with van der Waals surface area (Å²) in [6.45, 7) is 4.05. The van der Waals surface area contributed by atoms with Crippen molar-refractivity contribution >= 4 is 34.5 Å². The Kier molecular flexibility index (Phi) is 4.21. The van der Waals surface area contributed by atoms with Gasteiger partial charge in [-0.25, -0.2) is 0 Å². The minimum absolute atomic E-state index is 0.208. The van der Waals surface area contributed by atoms with Crippen molar-refractivity contribution in [3.63, 3.8) is 0 Å². The van der Waals surface area contributed by atoms with E-state index in [1.165, 1.54) is 0 Å². The highest BCUT2D eigenvalue weighted by Crippen LogP contribution is 2.39. The van der Waals surface area contributed by atoms with Crippen LogP contribution in [-0.2, 0) is 0 Å². The van der Waals surface area contributed by atoms with Crippen LogP contribution in [0.1, 0.15) is 26.9 Å². The Morgan fingerprint density at radius 1 is 1.22 bits per heavy atom. The van der Waals surface area contributed by atoms with Crippen LogP contribution in [0.4, 0.5) is 0 Å². The van der Waals surface area contributed by atoms with Gasteiger partial charge in [-0.05, 0) is 42.0 Å². The molecule has 0 amide bonds. The van der Waals surface area contributed by atoms with E-state index in [2.05, 4.69) is 12.1 Å². The van der Waals surface area contributed by atoms with E-state index in [9.17, 15) is 0 Å². The largest absolute Gasteiger partial charge is 0.496 e. The lowest BCUT2D eigenvalue weighted by Gasteiger charge is -2.14. The Morgan fingerprint density at radius 3 is 2.28 bits per heavy atom. The Morgan fingerprint density at radius 2 is 1.83 bits per heavy atom. The van der Waals surface area contributed by atoms with Gasteiger partial charge in [0.25, 0.3) is 0 Å². The molecule has 1 aromatic carbocycles. The van der Waals surface area contributed by atoms with Gasteiger partial charge in [-0.1, -0.05) is 23.7 Å². The monoisotopic (exact) mass is 300 g/mol. The summed E-state index contributed by atoms with van der Waals surface area (Å²) < 4.78 is 5.36. The first-order valence-corrected chi connectivity index (χ1v) is 7.26. The molecule has 2 rings (SSSR count). The third kappa shape index (κ3) is 2.51. The normalized spacial score (nSPS) is 12.5. The quantitative estimate of drug-likeness (QED) is 0.694. The molecule has 4 heteroatoms. The number of thiophene rings is 1. The van der Waals surface area contributed by atoms with Crippen molar-refractivity contribution in [2.45, 2.75) is 19.2 Å². The van der Waals surface area contributed by atoms with Crippen LogP contribution in [0.2, 0.25) is 5.02 Å². The summed E-state index contributed by atoms with van der Waals surface area (Å²) in [4.78, 5) is 0.988. The standard InChI is InChI=1S/C14H14Cl2OS/c1-8-6-10(7-9(2)13(8)17-3)12(16)14-11(15)4-5-18-14/h4-7,12H,1-3H3. The fourth-order valence-electron chi connectivity index (χ4n) is 2.09. The van der Waals surface area contributed by atoms with Crippen LogP contribution >= 0.6 is 34.5 Å². The van der Waals surface area contributed by atoms with Crippen LogP contribution in [-0.4, -0.2) is 7.11 Å².